The Morgan fingerprint density at radius 3 is 2.41 bits per heavy atom. The molecule has 27 heavy (non-hydrogen) atoms. The molecule has 3 aromatic rings. The lowest BCUT2D eigenvalue weighted by Crippen LogP contribution is -2.26. The highest BCUT2D eigenvalue weighted by molar-refractivity contribution is 7.22. The number of primary amides is 1. The van der Waals surface area contributed by atoms with Crippen LogP contribution < -0.4 is 16.4 Å². The Morgan fingerprint density at radius 2 is 1.67 bits per heavy atom. The van der Waals surface area contributed by atoms with E-state index in [2.05, 4.69) is 4.98 Å². The number of carbonyl (C=O) groups excluding carboxylic acids is 2. The van der Waals surface area contributed by atoms with Crippen LogP contribution in [0.5, 0.6) is 0 Å². The molecule has 0 unspecified atom stereocenters. The van der Waals surface area contributed by atoms with Gasteiger partial charge in [0.05, 0.1) is 21.6 Å². The van der Waals surface area contributed by atoms with Crippen LogP contribution in [-0.2, 0) is 9.59 Å². The molecule has 4 N–H and O–H groups in total. The molecular formula is C20H22N4O2S. The first-order valence-electron chi connectivity index (χ1n) is 8.87. The summed E-state index contributed by atoms with van der Waals surface area (Å²) < 4.78 is 1.02. The number of hydrogen-bond donors (Lipinski definition) is 2. The fraction of sp³-hybridized carbons (Fsp3) is 0.250. The van der Waals surface area contributed by atoms with E-state index in [4.69, 9.17) is 11.5 Å². The minimum Gasteiger partial charge on any atom is -0.397 e. The number of nitrogens with two attached hydrogens (primary N) is 2. The van der Waals surface area contributed by atoms with Crippen molar-refractivity contribution in [1.29, 1.82) is 0 Å². The average Bonchev–Trinajstić information content (AvgIpc) is 3.06. The third-order valence-electron chi connectivity index (χ3n) is 4.21. The lowest BCUT2D eigenvalue weighted by atomic mass is 10.1. The van der Waals surface area contributed by atoms with E-state index in [9.17, 15) is 9.59 Å². The van der Waals surface area contributed by atoms with E-state index in [1.54, 1.807) is 11.0 Å². The maximum Gasteiger partial charge on any atom is 0.233 e. The normalized spacial score (nSPS) is 10.8. The SMILES string of the molecule is NC(=O)CCCCCC(=O)N(c1nc2ccccc2s1)c1ccccc1N. The molecular weight excluding hydrogens is 360 g/mol. The number of para-hydroxylation sites is 3. The van der Waals surface area contributed by atoms with Gasteiger partial charge in [-0.1, -0.05) is 42.0 Å². The Hall–Kier alpha value is -2.93. The van der Waals surface area contributed by atoms with Crippen LogP contribution in [0.3, 0.4) is 0 Å². The molecule has 7 heteroatoms. The molecule has 2 aromatic carbocycles. The smallest absolute Gasteiger partial charge is 0.233 e. The molecule has 0 radical (unpaired) electrons. The van der Waals surface area contributed by atoms with Crippen molar-refractivity contribution in [2.24, 2.45) is 5.73 Å². The van der Waals surface area contributed by atoms with Crippen LogP contribution in [-0.4, -0.2) is 16.8 Å². The Kier molecular flexibility index (Phi) is 6.03. The van der Waals surface area contributed by atoms with E-state index in [0.717, 1.165) is 16.6 Å². The van der Waals surface area contributed by atoms with Crippen molar-refractivity contribution in [3.63, 3.8) is 0 Å². The van der Waals surface area contributed by atoms with E-state index >= 15 is 0 Å². The number of anilines is 3. The molecule has 6 nitrogen and oxygen atoms in total. The molecule has 0 aliphatic carbocycles. The lowest BCUT2D eigenvalue weighted by molar-refractivity contribution is -0.118. The first-order valence-corrected chi connectivity index (χ1v) is 9.69. The zero-order chi connectivity index (χ0) is 19.2. The van der Waals surface area contributed by atoms with Gasteiger partial charge in [0.25, 0.3) is 0 Å². The predicted octanol–water partition coefficient (Wildman–Crippen LogP) is 3.98. The Morgan fingerprint density at radius 1 is 0.963 bits per heavy atom. The number of aromatic nitrogens is 1. The second-order valence-electron chi connectivity index (χ2n) is 6.28. The molecule has 0 bridgehead atoms. The Labute approximate surface area is 161 Å². The maximum absolute atomic E-state index is 13.0. The molecule has 0 aliphatic rings. The van der Waals surface area contributed by atoms with Crippen LogP contribution in [0.1, 0.15) is 32.1 Å². The summed E-state index contributed by atoms with van der Waals surface area (Å²) in [6.45, 7) is 0. The van der Waals surface area contributed by atoms with Gasteiger partial charge in [-0.05, 0) is 37.1 Å². The second-order valence-corrected chi connectivity index (χ2v) is 7.29. The van der Waals surface area contributed by atoms with E-state index in [0.29, 0.717) is 42.2 Å². The Bertz CT molecular complexity index is 921. The first-order chi connectivity index (χ1) is 13.1. The molecule has 140 valence electrons. The number of rotatable bonds is 8. The van der Waals surface area contributed by atoms with Crippen molar-refractivity contribution in [3.05, 3.63) is 48.5 Å². The largest absolute Gasteiger partial charge is 0.397 e. The molecule has 1 heterocycles. The summed E-state index contributed by atoms with van der Waals surface area (Å²) in [6, 6.07) is 15.1. The molecule has 3 rings (SSSR count). The van der Waals surface area contributed by atoms with Crippen molar-refractivity contribution in [1.82, 2.24) is 4.98 Å². The highest BCUT2D eigenvalue weighted by Crippen LogP contribution is 2.36. The van der Waals surface area contributed by atoms with E-state index in [1.807, 2.05) is 42.5 Å². The van der Waals surface area contributed by atoms with Crippen LogP contribution >= 0.6 is 11.3 Å². The van der Waals surface area contributed by atoms with Gasteiger partial charge in [0.1, 0.15) is 0 Å². The third-order valence-corrected chi connectivity index (χ3v) is 5.24. The van der Waals surface area contributed by atoms with Crippen LogP contribution in [0, 0.1) is 0 Å². The second kappa shape index (κ2) is 8.64. The van der Waals surface area contributed by atoms with Crippen LogP contribution in [0.4, 0.5) is 16.5 Å². The number of benzene rings is 2. The van der Waals surface area contributed by atoms with Crippen LogP contribution in [0.2, 0.25) is 0 Å². The zero-order valence-electron chi connectivity index (χ0n) is 14.9. The average molecular weight is 382 g/mol. The van der Waals surface area contributed by atoms with Gasteiger partial charge in [-0.2, -0.15) is 0 Å². The highest BCUT2D eigenvalue weighted by Gasteiger charge is 2.23. The molecule has 0 fully saturated rings. The molecule has 2 amide bonds. The van der Waals surface area contributed by atoms with Crippen LogP contribution in [0.25, 0.3) is 10.2 Å². The summed E-state index contributed by atoms with van der Waals surface area (Å²) in [5.41, 5.74) is 13.3. The summed E-state index contributed by atoms with van der Waals surface area (Å²) in [4.78, 5) is 30.1. The number of carbonyl (C=O) groups is 2. The lowest BCUT2D eigenvalue weighted by Gasteiger charge is -2.21. The van der Waals surface area contributed by atoms with E-state index in [-0.39, 0.29) is 11.8 Å². The molecule has 0 atom stereocenters. The fourth-order valence-electron chi connectivity index (χ4n) is 2.85. The number of amides is 2. The van der Waals surface area contributed by atoms with E-state index < -0.39 is 0 Å². The summed E-state index contributed by atoms with van der Waals surface area (Å²) in [7, 11) is 0. The van der Waals surface area contributed by atoms with Crippen molar-refractivity contribution in [3.8, 4) is 0 Å². The van der Waals surface area contributed by atoms with Crippen LogP contribution in [0.15, 0.2) is 48.5 Å². The molecule has 1 aromatic heterocycles. The number of unbranched alkanes of at least 4 members (excludes halogenated alkanes) is 2. The zero-order valence-corrected chi connectivity index (χ0v) is 15.7. The highest BCUT2D eigenvalue weighted by atomic mass is 32.1. The molecule has 0 aliphatic heterocycles. The summed E-state index contributed by atoms with van der Waals surface area (Å²) in [5, 5.41) is 0.608. The van der Waals surface area contributed by atoms with E-state index in [1.165, 1.54) is 11.3 Å². The molecule has 0 saturated heterocycles. The van der Waals surface area contributed by atoms with Gasteiger partial charge in [0.15, 0.2) is 5.13 Å². The number of nitrogens with zero attached hydrogens (tertiary/aromatic N) is 2. The molecule has 0 spiro atoms. The number of thiazole rings is 1. The van der Waals surface area contributed by atoms with Crippen molar-refractivity contribution >= 4 is 49.9 Å². The standard InChI is InChI=1S/C20H22N4O2S/c21-14-8-4-6-10-16(14)24(19(26)13-3-1-2-12-18(22)25)20-23-15-9-5-7-11-17(15)27-20/h4-11H,1-3,12-13,21H2,(H2,22,25). The number of fused-ring (bicyclic) bond motifs is 1. The quantitative estimate of drug-likeness (QED) is 0.454. The van der Waals surface area contributed by atoms with Gasteiger partial charge in [0, 0.05) is 12.8 Å². The first kappa shape index (κ1) is 18.8. The van der Waals surface area contributed by atoms with Crippen molar-refractivity contribution in [2.45, 2.75) is 32.1 Å². The fourth-order valence-corrected chi connectivity index (χ4v) is 3.85. The monoisotopic (exact) mass is 382 g/mol. The van der Waals surface area contributed by atoms with Gasteiger partial charge < -0.3 is 11.5 Å². The minimum absolute atomic E-state index is 0.0639. The van der Waals surface area contributed by atoms with Crippen molar-refractivity contribution < 1.29 is 9.59 Å². The maximum atomic E-state index is 13.0. The van der Waals surface area contributed by atoms with Gasteiger partial charge in [-0.25, -0.2) is 4.98 Å². The summed E-state index contributed by atoms with van der Waals surface area (Å²) in [5.74, 6) is -0.375. The Balaban J connectivity index is 1.83. The summed E-state index contributed by atoms with van der Waals surface area (Å²) in [6.07, 6.45) is 2.84. The number of hydrogen-bond acceptors (Lipinski definition) is 5. The van der Waals surface area contributed by atoms with Gasteiger partial charge in [-0.15, -0.1) is 0 Å². The third kappa shape index (κ3) is 4.62. The minimum atomic E-state index is -0.311. The predicted molar refractivity (Wildman–Crippen MR) is 110 cm³/mol. The topological polar surface area (TPSA) is 102 Å². The van der Waals surface area contributed by atoms with Gasteiger partial charge in [-0.3, -0.25) is 14.5 Å². The van der Waals surface area contributed by atoms with Gasteiger partial charge >= 0.3 is 0 Å². The van der Waals surface area contributed by atoms with Gasteiger partial charge in [0.2, 0.25) is 11.8 Å². The number of nitrogen functional groups attached to an aromatic ring is 1. The summed E-state index contributed by atoms with van der Waals surface area (Å²) >= 11 is 1.46. The molecule has 0 saturated carbocycles. The van der Waals surface area contributed by atoms with Crippen molar-refractivity contribution in [2.75, 3.05) is 10.6 Å².